The van der Waals surface area contributed by atoms with Crippen LogP contribution in [0.1, 0.15) is 47.1 Å². The summed E-state index contributed by atoms with van der Waals surface area (Å²) in [6.45, 7) is 14.1. The minimum atomic E-state index is -1.22. The van der Waals surface area contributed by atoms with Crippen molar-refractivity contribution >= 4 is 8.80 Å². The first-order chi connectivity index (χ1) is 11.4. The van der Waals surface area contributed by atoms with Gasteiger partial charge >= 0.3 is 0 Å². The van der Waals surface area contributed by atoms with E-state index in [1.54, 1.807) is 21.5 Å². The largest absolute Gasteiger partial charge is 0.0990 e. The van der Waals surface area contributed by atoms with Crippen LogP contribution in [0.25, 0.3) is 0 Å². The summed E-state index contributed by atoms with van der Waals surface area (Å²) >= 11 is 0. The van der Waals surface area contributed by atoms with Gasteiger partial charge in [0.2, 0.25) is 0 Å². The summed E-state index contributed by atoms with van der Waals surface area (Å²) in [6.07, 6.45) is 4.96. The maximum absolute atomic E-state index is 2.48. The van der Waals surface area contributed by atoms with Gasteiger partial charge in [0.25, 0.3) is 0 Å². The molecule has 0 radical (unpaired) electrons. The zero-order chi connectivity index (χ0) is 17.4. The molecule has 0 nitrogen and oxygen atoms in total. The zero-order valence-electron chi connectivity index (χ0n) is 16.0. The molecule has 0 amide bonds. The van der Waals surface area contributed by atoms with Gasteiger partial charge in [0.15, 0.2) is 0 Å². The van der Waals surface area contributed by atoms with E-state index in [4.69, 9.17) is 0 Å². The standard InChI is InChI=1S/C23H30Si/c1-15-12-17(3)22(19(15)5)24(14-21-10-8-7-9-11-21)23-18(4)13-16(2)20(23)6/h7-13,17-18,24H,14H2,1-6H3. The second-order valence-corrected chi connectivity index (χ2v) is 10.4. The first-order valence-corrected chi connectivity index (χ1v) is 11.2. The average Bonchev–Trinajstić information content (AvgIpc) is 2.94. The maximum atomic E-state index is 2.48. The van der Waals surface area contributed by atoms with Gasteiger partial charge in [0, 0.05) is 0 Å². The van der Waals surface area contributed by atoms with Crippen molar-refractivity contribution in [2.24, 2.45) is 11.8 Å². The first kappa shape index (κ1) is 17.2. The lowest BCUT2D eigenvalue weighted by Gasteiger charge is -2.27. The third-order valence-electron chi connectivity index (χ3n) is 6.06. The maximum Gasteiger partial charge on any atom is 0.0990 e. The van der Waals surface area contributed by atoms with Crippen molar-refractivity contribution in [3.63, 3.8) is 0 Å². The number of rotatable bonds is 4. The van der Waals surface area contributed by atoms with Gasteiger partial charge in [-0.1, -0.05) is 94.6 Å². The van der Waals surface area contributed by atoms with Crippen molar-refractivity contribution in [3.05, 3.63) is 80.7 Å². The van der Waals surface area contributed by atoms with Crippen LogP contribution in [-0.4, -0.2) is 8.80 Å². The van der Waals surface area contributed by atoms with E-state index in [1.165, 1.54) is 22.8 Å². The highest BCUT2D eigenvalue weighted by Crippen LogP contribution is 2.41. The molecule has 3 rings (SSSR count). The van der Waals surface area contributed by atoms with Crippen molar-refractivity contribution < 1.29 is 0 Å². The minimum Gasteiger partial charge on any atom is -0.0748 e. The molecular weight excluding hydrogens is 304 g/mol. The van der Waals surface area contributed by atoms with Gasteiger partial charge in [0.1, 0.15) is 0 Å². The molecule has 0 N–H and O–H groups in total. The molecule has 24 heavy (non-hydrogen) atoms. The van der Waals surface area contributed by atoms with Gasteiger partial charge in [-0.2, -0.15) is 0 Å². The van der Waals surface area contributed by atoms with Crippen molar-refractivity contribution in [1.29, 1.82) is 0 Å². The highest BCUT2D eigenvalue weighted by molar-refractivity contribution is 6.74. The quantitative estimate of drug-likeness (QED) is 0.601. The number of hydrogen-bond acceptors (Lipinski definition) is 0. The molecule has 2 aliphatic rings. The molecule has 2 unspecified atom stereocenters. The van der Waals surface area contributed by atoms with E-state index < -0.39 is 8.80 Å². The molecule has 0 heterocycles. The molecule has 1 aromatic carbocycles. The molecular formula is C23H30Si. The van der Waals surface area contributed by atoms with E-state index in [0.717, 1.165) is 0 Å². The van der Waals surface area contributed by atoms with Crippen LogP contribution < -0.4 is 0 Å². The SMILES string of the molecule is CC1=CC(C)C([SiH](Cc2ccccc2)C2=C(C)C(C)=CC2C)=C1C. The van der Waals surface area contributed by atoms with E-state index >= 15 is 0 Å². The Morgan fingerprint density at radius 3 is 1.58 bits per heavy atom. The van der Waals surface area contributed by atoms with Gasteiger partial charge < -0.3 is 0 Å². The summed E-state index contributed by atoms with van der Waals surface area (Å²) in [5.74, 6) is 1.22. The molecule has 0 bridgehead atoms. The Labute approximate surface area is 149 Å². The fraction of sp³-hybridized carbons (Fsp3) is 0.391. The fourth-order valence-electron chi connectivity index (χ4n) is 4.71. The van der Waals surface area contributed by atoms with Crippen molar-refractivity contribution in [1.82, 2.24) is 0 Å². The Kier molecular flexibility index (Phi) is 4.82. The van der Waals surface area contributed by atoms with Crippen molar-refractivity contribution in [3.8, 4) is 0 Å². The Bertz CT molecular complexity index is 712. The lowest BCUT2D eigenvalue weighted by molar-refractivity contribution is 0.892. The van der Waals surface area contributed by atoms with Crippen LogP contribution in [0.2, 0.25) is 0 Å². The predicted molar refractivity (Wildman–Crippen MR) is 109 cm³/mol. The summed E-state index contributed by atoms with van der Waals surface area (Å²) in [5, 5.41) is 3.56. The van der Waals surface area contributed by atoms with Crippen molar-refractivity contribution in [2.45, 2.75) is 47.6 Å². The second-order valence-electron chi connectivity index (χ2n) is 7.68. The smallest absolute Gasteiger partial charge is 0.0748 e. The Balaban J connectivity index is 2.07. The van der Waals surface area contributed by atoms with Gasteiger partial charge in [-0.15, -0.1) is 0 Å². The minimum absolute atomic E-state index is 0.610. The highest BCUT2D eigenvalue weighted by Gasteiger charge is 2.34. The highest BCUT2D eigenvalue weighted by atomic mass is 28.3. The summed E-state index contributed by atoms with van der Waals surface area (Å²) in [5.41, 5.74) is 7.65. The van der Waals surface area contributed by atoms with Gasteiger partial charge in [-0.05, 0) is 45.6 Å². The summed E-state index contributed by atoms with van der Waals surface area (Å²) < 4.78 is 0. The van der Waals surface area contributed by atoms with E-state index in [2.05, 4.69) is 84.0 Å². The summed E-state index contributed by atoms with van der Waals surface area (Å²) in [6, 6.07) is 12.4. The first-order valence-electron chi connectivity index (χ1n) is 9.23. The molecule has 126 valence electrons. The predicted octanol–water partition coefficient (Wildman–Crippen LogP) is 5.90. The van der Waals surface area contributed by atoms with Gasteiger partial charge in [0.05, 0.1) is 8.80 Å². The van der Waals surface area contributed by atoms with Crippen LogP contribution in [0.3, 0.4) is 0 Å². The Morgan fingerprint density at radius 1 is 0.750 bits per heavy atom. The number of allylic oxidation sites excluding steroid dienone is 8. The molecule has 2 atom stereocenters. The van der Waals surface area contributed by atoms with Crippen LogP contribution in [0, 0.1) is 11.8 Å². The Morgan fingerprint density at radius 2 is 1.21 bits per heavy atom. The number of benzene rings is 1. The molecule has 0 saturated carbocycles. The van der Waals surface area contributed by atoms with Crippen molar-refractivity contribution in [2.75, 3.05) is 0 Å². The molecule has 2 aliphatic carbocycles. The van der Waals surface area contributed by atoms with E-state index in [-0.39, 0.29) is 0 Å². The summed E-state index contributed by atoms with van der Waals surface area (Å²) in [4.78, 5) is 0. The molecule has 0 spiro atoms. The molecule has 0 saturated heterocycles. The third kappa shape index (κ3) is 3.02. The Hall–Kier alpha value is -1.60. The van der Waals surface area contributed by atoms with Crippen LogP contribution in [0.4, 0.5) is 0 Å². The molecule has 1 aromatic rings. The second kappa shape index (κ2) is 6.72. The van der Waals surface area contributed by atoms with Crippen LogP contribution in [0.5, 0.6) is 0 Å². The summed E-state index contributed by atoms with van der Waals surface area (Å²) in [7, 11) is -1.22. The van der Waals surface area contributed by atoms with E-state index in [1.807, 2.05) is 0 Å². The third-order valence-corrected chi connectivity index (χ3v) is 10.4. The zero-order valence-corrected chi connectivity index (χ0v) is 17.1. The number of hydrogen-bond donors (Lipinski definition) is 0. The van der Waals surface area contributed by atoms with Crippen LogP contribution in [0.15, 0.2) is 75.2 Å². The molecule has 0 fully saturated rings. The average molecular weight is 335 g/mol. The van der Waals surface area contributed by atoms with Gasteiger partial charge in [-0.25, -0.2) is 0 Å². The van der Waals surface area contributed by atoms with Crippen LogP contribution >= 0.6 is 0 Å². The monoisotopic (exact) mass is 334 g/mol. The topological polar surface area (TPSA) is 0 Å². The molecule has 0 aromatic heterocycles. The van der Waals surface area contributed by atoms with E-state index in [0.29, 0.717) is 11.8 Å². The normalized spacial score (nSPS) is 25.2. The molecule has 1 heteroatoms. The van der Waals surface area contributed by atoms with E-state index in [9.17, 15) is 0 Å². The fourth-order valence-corrected chi connectivity index (χ4v) is 9.19. The lowest BCUT2D eigenvalue weighted by atomic mass is 10.2. The van der Waals surface area contributed by atoms with Gasteiger partial charge in [-0.3, -0.25) is 0 Å². The van der Waals surface area contributed by atoms with Crippen LogP contribution in [-0.2, 0) is 6.04 Å². The lowest BCUT2D eigenvalue weighted by Crippen LogP contribution is -2.29. The molecule has 0 aliphatic heterocycles.